The number of benzene rings is 2. The molecule has 0 spiro atoms. The summed E-state index contributed by atoms with van der Waals surface area (Å²) in [6, 6.07) is 15.0. The first-order valence-corrected chi connectivity index (χ1v) is 13.8. The Hall–Kier alpha value is -1.96. The highest BCUT2D eigenvalue weighted by molar-refractivity contribution is 5.52. The maximum atomic E-state index is 6.55. The Labute approximate surface area is 202 Å². The van der Waals surface area contributed by atoms with E-state index in [-0.39, 0.29) is 0 Å². The lowest BCUT2D eigenvalue weighted by Gasteiger charge is -2.34. The third-order valence-corrected chi connectivity index (χ3v) is 8.67. The second kappa shape index (κ2) is 12.0. The fraction of sp³-hybridized carbons (Fsp3) is 0.613. The van der Waals surface area contributed by atoms with Crippen molar-refractivity contribution < 1.29 is 0 Å². The quantitative estimate of drug-likeness (QED) is 0.300. The minimum atomic E-state index is 0.654. The molecule has 2 aromatic rings. The van der Waals surface area contributed by atoms with Crippen LogP contribution in [0.15, 0.2) is 42.5 Å². The molecular weight excluding hydrogens is 400 g/mol. The van der Waals surface area contributed by atoms with Crippen LogP contribution in [0.4, 0.5) is 11.4 Å². The normalized spacial score (nSPS) is 25.7. The highest BCUT2D eigenvalue weighted by atomic mass is 14.6. The van der Waals surface area contributed by atoms with Crippen molar-refractivity contribution in [1.82, 2.24) is 0 Å². The molecule has 2 aliphatic rings. The lowest BCUT2D eigenvalue weighted by atomic mass is 9.71. The molecule has 0 bridgehead atoms. The Morgan fingerprint density at radius 2 is 1.30 bits per heavy atom. The van der Waals surface area contributed by atoms with Gasteiger partial charge in [0, 0.05) is 11.4 Å². The van der Waals surface area contributed by atoms with Crippen LogP contribution in [-0.4, -0.2) is 0 Å². The molecule has 180 valence electrons. The maximum absolute atomic E-state index is 6.55. The fourth-order valence-electron chi connectivity index (χ4n) is 6.60. The van der Waals surface area contributed by atoms with Gasteiger partial charge in [-0.05, 0) is 97.1 Å². The molecule has 33 heavy (non-hydrogen) atoms. The number of nitrogen functional groups attached to an aromatic ring is 2. The van der Waals surface area contributed by atoms with Gasteiger partial charge in [0.05, 0.1) is 0 Å². The Kier molecular flexibility index (Phi) is 8.75. The Morgan fingerprint density at radius 3 is 1.94 bits per heavy atom. The summed E-state index contributed by atoms with van der Waals surface area (Å²) in [6.07, 6.45) is 19.6. The summed E-state index contributed by atoms with van der Waals surface area (Å²) in [6.45, 7) is 2.32. The zero-order valence-electron chi connectivity index (χ0n) is 20.9. The number of hydrogen-bond donors (Lipinski definition) is 2. The van der Waals surface area contributed by atoms with Crippen LogP contribution in [0.2, 0.25) is 0 Å². The van der Waals surface area contributed by atoms with E-state index in [0.717, 1.165) is 35.5 Å². The lowest BCUT2D eigenvalue weighted by Crippen LogP contribution is -2.20. The number of anilines is 2. The molecule has 0 unspecified atom stereocenters. The Morgan fingerprint density at radius 1 is 0.697 bits per heavy atom. The van der Waals surface area contributed by atoms with E-state index >= 15 is 0 Å². The van der Waals surface area contributed by atoms with Gasteiger partial charge >= 0.3 is 0 Å². The summed E-state index contributed by atoms with van der Waals surface area (Å²) < 4.78 is 0. The molecule has 0 amide bonds. The Balaban J connectivity index is 1.21. The van der Waals surface area contributed by atoms with Crippen molar-refractivity contribution in [3.05, 3.63) is 59.2 Å². The number of hydrogen-bond acceptors (Lipinski definition) is 2. The van der Waals surface area contributed by atoms with Gasteiger partial charge in [0.2, 0.25) is 0 Å². The third-order valence-electron chi connectivity index (χ3n) is 8.67. The maximum Gasteiger partial charge on any atom is 0.0352 e. The van der Waals surface area contributed by atoms with Gasteiger partial charge in [-0.2, -0.15) is 0 Å². The minimum absolute atomic E-state index is 0.654. The van der Waals surface area contributed by atoms with Gasteiger partial charge in [0.1, 0.15) is 0 Å². The second-order valence-electron chi connectivity index (χ2n) is 11.2. The van der Waals surface area contributed by atoms with E-state index in [4.69, 9.17) is 11.5 Å². The van der Waals surface area contributed by atoms with E-state index in [1.54, 1.807) is 0 Å². The van der Waals surface area contributed by atoms with Gasteiger partial charge in [0.15, 0.2) is 0 Å². The van der Waals surface area contributed by atoms with E-state index in [0.29, 0.717) is 5.92 Å². The van der Waals surface area contributed by atoms with Crippen LogP contribution >= 0.6 is 0 Å². The summed E-state index contributed by atoms with van der Waals surface area (Å²) in [4.78, 5) is 0. The average molecular weight is 447 g/mol. The SMILES string of the molecule is CCCCCC1CCC(CC2CCC(c3ccc(Cc4ccc(N)cc4)cc3N)CC2)CC1. The first kappa shape index (κ1) is 24.2. The fourth-order valence-corrected chi connectivity index (χ4v) is 6.60. The number of unbranched alkanes of at least 4 members (excludes halogenated alkanes) is 2. The number of nitrogens with two attached hydrogens (primary N) is 2. The lowest BCUT2D eigenvalue weighted by molar-refractivity contribution is 0.199. The van der Waals surface area contributed by atoms with E-state index in [1.807, 2.05) is 12.1 Å². The molecule has 0 radical (unpaired) electrons. The van der Waals surface area contributed by atoms with Crippen LogP contribution < -0.4 is 11.5 Å². The van der Waals surface area contributed by atoms with Crippen molar-refractivity contribution in [3.63, 3.8) is 0 Å². The van der Waals surface area contributed by atoms with Crippen molar-refractivity contribution in [1.29, 1.82) is 0 Å². The first-order valence-electron chi connectivity index (χ1n) is 13.8. The molecule has 0 atom stereocenters. The van der Waals surface area contributed by atoms with Crippen molar-refractivity contribution in [3.8, 4) is 0 Å². The van der Waals surface area contributed by atoms with Gasteiger partial charge in [-0.1, -0.05) is 82.6 Å². The third kappa shape index (κ3) is 7.01. The van der Waals surface area contributed by atoms with Gasteiger partial charge in [-0.15, -0.1) is 0 Å². The molecule has 2 heteroatoms. The van der Waals surface area contributed by atoms with Crippen LogP contribution in [0.25, 0.3) is 0 Å². The first-order chi connectivity index (χ1) is 16.1. The molecular formula is C31H46N2. The monoisotopic (exact) mass is 446 g/mol. The van der Waals surface area contributed by atoms with Gasteiger partial charge in [-0.25, -0.2) is 0 Å². The van der Waals surface area contributed by atoms with Crippen molar-refractivity contribution >= 4 is 11.4 Å². The smallest absolute Gasteiger partial charge is 0.0352 e. The van der Waals surface area contributed by atoms with Gasteiger partial charge < -0.3 is 11.5 Å². The molecule has 4 rings (SSSR count). The van der Waals surface area contributed by atoms with E-state index < -0.39 is 0 Å². The predicted octanol–water partition coefficient (Wildman–Crippen LogP) is 8.49. The topological polar surface area (TPSA) is 52.0 Å². The van der Waals surface area contributed by atoms with Crippen LogP contribution in [0, 0.1) is 17.8 Å². The van der Waals surface area contributed by atoms with Crippen LogP contribution in [0.5, 0.6) is 0 Å². The molecule has 2 nitrogen and oxygen atoms in total. The van der Waals surface area contributed by atoms with Crippen LogP contribution in [0.3, 0.4) is 0 Å². The summed E-state index contributed by atoms with van der Waals surface area (Å²) in [7, 11) is 0. The second-order valence-corrected chi connectivity index (χ2v) is 11.2. The molecule has 0 saturated heterocycles. The average Bonchev–Trinajstić information content (AvgIpc) is 2.83. The molecule has 2 aromatic carbocycles. The highest BCUT2D eigenvalue weighted by Gasteiger charge is 2.28. The number of rotatable bonds is 9. The minimum Gasteiger partial charge on any atom is -0.399 e. The molecule has 0 aliphatic heterocycles. The standard InChI is InChI=1S/C31H46N2/c1-2-3-4-5-23-6-8-24(9-7-23)20-25-10-15-28(16-11-25)30-19-14-27(22-31(30)33)21-26-12-17-29(32)18-13-26/h12-14,17-19,22-25,28H,2-11,15-16,20-21,32-33H2,1H3. The molecule has 0 heterocycles. The van der Waals surface area contributed by atoms with Crippen molar-refractivity contribution in [2.45, 2.75) is 103 Å². The molecule has 2 saturated carbocycles. The van der Waals surface area contributed by atoms with Crippen LogP contribution in [0.1, 0.15) is 113 Å². The predicted molar refractivity (Wildman–Crippen MR) is 143 cm³/mol. The van der Waals surface area contributed by atoms with Crippen molar-refractivity contribution in [2.75, 3.05) is 11.5 Å². The summed E-state index contributed by atoms with van der Waals surface area (Å²) in [5, 5.41) is 0. The highest BCUT2D eigenvalue weighted by Crippen LogP contribution is 2.43. The van der Waals surface area contributed by atoms with E-state index in [1.165, 1.54) is 100 Å². The zero-order valence-corrected chi connectivity index (χ0v) is 20.9. The largest absolute Gasteiger partial charge is 0.399 e. The molecule has 2 aliphatic carbocycles. The zero-order chi connectivity index (χ0) is 23.0. The van der Waals surface area contributed by atoms with E-state index in [9.17, 15) is 0 Å². The molecule has 0 aromatic heterocycles. The molecule has 2 fully saturated rings. The van der Waals surface area contributed by atoms with Crippen LogP contribution in [-0.2, 0) is 6.42 Å². The summed E-state index contributed by atoms with van der Waals surface area (Å²) >= 11 is 0. The van der Waals surface area contributed by atoms with Crippen molar-refractivity contribution in [2.24, 2.45) is 17.8 Å². The summed E-state index contributed by atoms with van der Waals surface area (Å²) in [5.74, 6) is 3.65. The summed E-state index contributed by atoms with van der Waals surface area (Å²) in [5.41, 5.74) is 18.1. The Bertz CT molecular complexity index is 840. The van der Waals surface area contributed by atoms with Gasteiger partial charge in [-0.3, -0.25) is 0 Å². The molecule has 4 N–H and O–H groups in total. The van der Waals surface area contributed by atoms with E-state index in [2.05, 4.69) is 37.3 Å². The van der Waals surface area contributed by atoms with Gasteiger partial charge in [0.25, 0.3) is 0 Å².